The summed E-state index contributed by atoms with van der Waals surface area (Å²) < 4.78 is 42.5. The minimum absolute atomic E-state index is 0.174. The number of halogens is 2. The average molecular weight is 620 g/mol. The van der Waals surface area contributed by atoms with Gasteiger partial charge in [-0.3, -0.25) is 4.79 Å². The highest BCUT2D eigenvalue weighted by Gasteiger charge is 2.34. The molecule has 238 valence electrons. The van der Waals surface area contributed by atoms with Gasteiger partial charge in [-0.2, -0.15) is 0 Å². The maximum atomic E-state index is 15.6. The van der Waals surface area contributed by atoms with Gasteiger partial charge in [-0.25, -0.2) is 18.6 Å². The fourth-order valence-corrected chi connectivity index (χ4v) is 6.00. The standard InChI is InChI=1S/C35H39F2N3O5/c1-19-24-8-7-15-44-31(24)27(37)17-25(19)30-26-16-23(13-14-28(41)38-18-21-9-11-22(36)12-10-21)40(6)33(26)39-20(2)29(30)32(34(42)43)45-35(3,4)5/h9-12,16-17,32H,7-8,13-15,18H2,1-6H3,(H,38,41)(H,42,43). The van der Waals surface area contributed by atoms with Crippen LogP contribution < -0.4 is 10.1 Å². The monoisotopic (exact) mass is 619 g/mol. The number of benzene rings is 2. The molecule has 45 heavy (non-hydrogen) atoms. The Morgan fingerprint density at radius 1 is 1.16 bits per heavy atom. The quantitative estimate of drug-likeness (QED) is 0.218. The number of carbonyl (C=O) groups is 2. The Morgan fingerprint density at radius 2 is 1.87 bits per heavy atom. The fraction of sp³-hybridized carbons (Fsp3) is 0.400. The second kappa shape index (κ2) is 12.6. The molecule has 0 spiro atoms. The van der Waals surface area contributed by atoms with Crippen molar-refractivity contribution in [2.45, 2.75) is 78.6 Å². The lowest BCUT2D eigenvalue weighted by molar-refractivity contribution is -0.160. The Kier molecular flexibility index (Phi) is 8.98. The van der Waals surface area contributed by atoms with Crippen molar-refractivity contribution in [3.8, 4) is 16.9 Å². The predicted octanol–water partition coefficient (Wildman–Crippen LogP) is 6.65. The molecule has 0 fully saturated rings. The summed E-state index contributed by atoms with van der Waals surface area (Å²) in [5.74, 6) is -1.95. The number of hydrogen-bond acceptors (Lipinski definition) is 5. The molecular formula is C35H39F2N3O5. The molecule has 4 aromatic rings. The molecule has 0 radical (unpaired) electrons. The van der Waals surface area contributed by atoms with E-state index in [0.717, 1.165) is 28.8 Å². The molecule has 1 atom stereocenters. The third-order valence-electron chi connectivity index (χ3n) is 8.18. The van der Waals surface area contributed by atoms with Crippen molar-refractivity contribution in [3.63, 3.8) is 0 Å². The normalized spacial score (nSPS) is 13.8. The van der Waals surface area contributed by atoms with E-state index < -0.39 is 23.5 Å². The first-order valence-electron chi connectivity index (χ1n) is 15.1. The Balaban J connectivity index is 1.60. The number of pyridine rings is 1. The smallest absolute Gasteiger partial charge is 0.337 e. The number of rotatable bonds is 9. The summed E-state index contributed by atoms with van der Waals surface area (Å²) in [6.07, 6.45) is 0.580. The number of aryl methyl sites for hydroxylation is 3. The highest BCUT2D eigenvalue weighted by atomic mass is 19.1. The molecule has 8 nitrogen and oxygen atoms in total. The van der Waals surface area contributed by atoms with Gasteiger partial charge in [0.15, 0.2) is 17.7 Å². The molecule has 0 saturated carbocycles. The number of carbonyl (C=O) groups excluding carboxylic acids is 1. The first-order valence-corrected chi connectivity index (χ1v) is 15.1. The summed E-state index contributed by atoms with van der Waals surface area (Å²) >= 11 is 0. The topological polar surface area (TPSA) is 103 Å². The number of carboxylic acids is 1. The van der Waals surface area contributed by atoms with Crippen LogP contribution in [-0.2, 0) is 40.8 Å². The molecule has 0 aliphatic carbocycles. The highest BCUT2D eigenvalue weighted by molar-refractivity contribution is 5.99. The van der Waals surface area contributed by atoms with Gasteiger partial charge in [-0.1, -0.05) is 12.1 Å². The second-order valence-electron chi connectivity index (χ2n) is 12.6. The molecule has 0 saturated heterocycles. The van der Waals surface area contributed by atoms with Crippen molar-refractivity contribution in [1.82, 2.24) is 14.9 Å². The number of aromatic nitrogens is 2. The average Bonchev–Trinajstić information content (AvgIpc) is 3.30. The molecule has 2 aromatic carbocycles. The van der Waals surface area contributed by atoms with Gasteiger partial charge in [0.05, 0.1) is 12.2 Å². The van der Waals surface area contributed by atoms with Gasteiger partial charge in [0.2, 0.25) is 5.91 Å². The Hall–Kier alpha value is -4.31. The molecular weight excluding hydrogens is 580 g/mol. The minimum atomic E-state index is -1.37. The van der Waals surface area contributed by atoms with Crippen molar-refractivity contribution >= 4 is 22.9 Å². The van der Waals surface area contributed by atoms with Gasteiger partial charge in [0.25, 0.3) is 0 Å². The molecule has 2 aromatic heterocycles. The molecule has 5 rings (SSSR count). The lowest BCUT2D eigenvalue weighted by Gasteiger charge is -2.29. The van der Waals surface area contributed by atoms with Crippen molar-refractivity contribution in [2.24, 2.45) is 7.05 Å². The molecule has 3 heterocycles. The summed E-state index contributed by atoms with van der Waals surface area (Å²) in [4.78, 5) is 30.3. The highest BCUT2D eigenvalue weighted by Crippen LogP contribution is 2.44. The van der Waals surface area contributed by atoms with E-state index in [2.05, 4.69) is 5.32 Å². The molecule has 1 amide bonds. The van der Waals surface area contributed by atoms with E-state index in [-0.39, 0.29) is 30.4 Å². The molecule has 0 bridgehead atoms. The first-order chi connectivity index (χ1) is 21.2. The molecule has 1 unspecified atom stereocenters. The van der Waals surface area contributed by atoms with Crippen LogP contribution in [0.4, 0.5) is 8.78 Å². The number of ether oxygens (including phenoxy) is 2. The van der Waals surface area contributed by atoms with Crippen LogP contribution in [0, 0.1) is 25.5 Å². The van der Waals surface area contributed by atoms with E-state index in [0.29, 0.717) is 52.9 Å². The van der Waals surface area contributed by atoms with E-state index in [1.54, 1.807) is 39.8 Å². The number of fused-ring (bicyclic) bond motifs is 2. The van der Waals surface area contributed by atoms with E-state index >= 15 is 4.39 Å². The van der Waals surface area contributed by atoms with E-state index in [1.165, 1.54) is 18.2 Å². The first kappa shape index (κ1) is 32.1. The largest absolute Gasteiger partial charge is 0.490 e. The SMILES string of the molecule is Cc1nc2c(cc(CCC(=O)NCc3ccc(F)cc3)n2C)c(-c2cc(F)c3c(c2C)CCCO3)c1C(OC(C)(C)C)C(=O)O. The number of amides is 1. The number of nitrogens with one attached hydrogen (secondary N) is 1. The van der Waals surface area contributed by atoms with Gasteiger partial charge < -0.3 is 24.5 Å². The van der Waals surface area contributed by atoms with Gasteiger partial charge in [0.1, 0.15) is 11.5 Å². The van der Waals surface area contributed by atoms with Crippen molar-refractivity contribution < 1.29 is 33.0 Å². The van der Waals surface area contributed by atoms with Crippen molar-refractivity contribution in [2.75, 3.05) is 6.61 Å². The lowest BCUT2D eigenvalue weighted by atomic mass is 9.86. The fourth-order valence-electron chi connectivity index (χ4n) is 6.00. The van der Waals surface area contributed by atoms with E-state index in [4.69, 9.17) is 14.5 Å². The van der Waals surface area contributed by atoms with E-state index in [1.807, 2.05) is 24.6 Å². The summed E-state index contributed by atoms with van der Waals surface area (Å²) in [6.45, 7) is 9.71. The molecule has 10 heteroatoms. The summed E-state index contributed by atoms with van der Waals surface area (Å²) in [7, 11) is 1.85. The van der Waals surface area contributed by atoms with Crippen molar-refractivity contribution in [1.29, 1.82) is 0 Å². The predicted molar refractivity (Wildman–Crippen MR) is 167 cm³/mol. The van der Waals surface area contributed by atoms with Crippen LogP contribution in [0.1, 0.15) is 73.4 Å². The van der Waals surface area contributed by atoms with Crippen LogP contribution in [0.25, 0.3) is 22.2 Å². The van der Waals surface area contributed by atoms with Gasteiger partial charge in [-0.05, 0) is 94.8 Å². The molecule has 1 aliphatic heterocycles. The lowest BCUT2D eigenvalue weighted by Crippen LogP contribution is -2.28. The summed E-state index contributed by atoms with van der Waals surface area (Å²) in [6, 6.07) is 9.26. The Morgan fingerprint density at radius 3 is 2.53 bits per heavy atom. The number of aliphatic carboxylic acids is 1. The van der Waals surface area contributed by atoms with Gasteiger partial charge in [0, 0.05) is 53.5 Å². The number of nitrogens with zero attached hydrogens (tertiary/aromatic N) is 2. The molecule has 1 aliphatic rings. The van der Waals surface area contributed by atoms with Gasteiger partial charge >= 0.3 is 5.97 Å². The maximum Gasteiger partial charge on any atom is 0.337 e. The number of carboxylic acid groups (broad SMARTS) is 1. The van der Waals surface area contributed by atoms with Crippen LogP contribution in [0.2, 0.25) is 0 Å². The maximum absolute atomic E-state index is 15.6. The summed E-state index contributed by atoms with van der Waals surface area (Å²) in [5.41, 5.74) is 4.86. The Bertz CT molecular complexity index is 1770. The zero-order chi connectivity index (χ0) is 32.6. The number of hydrogen-bond donors (Lipinski definition) is 2. The van der Waals surface area contributed by atoms with Crippen LogP contribution in [0.5, 0.6) is 5.75 Å². The van der Waals surface area contributed by atoms with Crippen LogP contribution in [0.3, 0.4) is 0 Å². The van der Waals surface area contributed by atoms with Crippen LogP contribution >= 0.6 is 0 Å². The zero-order valence-electron chi connectivity index (χ0n) is 26.5. The Labute approximate surface area is 261 Å². The summed E-state index contributed by atoms with van der Waals surface area (Å²) in [5, 5.41) is 13.9. The van der Waals surface area contributed by atoms with Crippen molar-refractivity contribution in [3.05, 3.63) is 81.7 Å². The third-order valence-corrected chi connectivity index (χ3v) is 8.18. The zero-order valence-corrected chi connectivity index (χ0v) is 26.5. The third kappa shape index (κ3) is 6.71. The molecule has 2 N–H and O–H groups in total. The second-order valence-corrected chi connectivity index (χ2v) is 12.6. The van der Waals surface area contributed by atoms with E-state index in [9.17, 15) is 19.1 Å². The minimum Gasteiger partial charge on any atom is -0.490 e. The van der Waals surface area contributed by atoms with Crippen LogP contribution in [0.15, 0.2) is 36.4 Å². The van der Waals surface area contributed by atoms with Crippen LogP contribution in [-0.4, -0.2) is 38.7 Å². The van der Waals surface area contributed by atoms with Gasteiger partial charge in [-0.15, -0.1) is 0 Å².